The van der Waals surface area contributed by atoms with E-state index in [-0.39, 0.29) is 11.5 Å². The maximum atomic E-state index is 12.7. The van der Waals surface area contributed by atoms with Gasteiger partial charge in [0.05, 0.1) is 17.1 Å². The van der Waals surface area contributed by atoms with Crippen molar-refractivity contribution in [1.29, 1.82) is 0 Å². The van der Waals surface area contributed by atoms with Crippen LogP contribution >= 0.6 is 15.9 Å². The van der Waals surface area contributed by atoms with Crippen molar-refractivity contribution in [2.45, 2.75) is 19.5 Å². The van der Waals surface area contributed by atoms with Crippen LogP contribution in [0.15, 0.2) is 27.7 Å². The molecule has 0 saturated heterocycles. The predicted octanol–water partition coefficient (Wildman–Crippen LogP) is 3.87. The van der Waals surface area contributed by atoms with E-state index < -0.39 is 11.7 Å². The molecule has 0 radical (unpaired) electrons. The Labute approximate surface area is 99.5 Å². The molecule has 0 aliphatic carbocycles. The lowest BCUT2D eigenvalue weighted by Crippen LogP contribution is -2.10. The van der Waals surface area contributed by atoms with Crippen LogP contribution in [-0.2, 0) is 6.18 Å². The zero-order valence-corrected chi connectivity index (χ0v) is 10.1. The molecule has 0 spiro atoms. The molecule has 0 aliphatic heterocycles. The molecule has 1 aromatic carbocycles. The molecule has 0 heterocycles. The highest BCUT2D eigenvalue weighted by Gasteiger charge is 2.33. The van der Waals surface area contributed by atoms with Crippen LogP contribution in [0.4, 0.5) is 18.9 Å². The fraction of sp³-hybridized carbons (Fsp3) is 0.300. The normalized spacial score (nSPS) is 12.9. The van der Waals surface area contributed by atoms with Gasteiger partial charge in [0.15, 0.2) is 0 Å². The van der Waals surface area contributed by atoms with E-state index in [9.17, 15) is 13.2 Å². The summed E-state index contributed by atoms with van der Waals surface area (Å²) < 4.78 is 38.3. The fourth-order valence-electron chi connectivity index (χ4n) is 1.07. The van der Waals surface area contributed by atoms with Gasteiger partial charge in [-0.2, -0.15) is 13.2 Å². The third kappa shape index (κ3) is 3.23. The first-order valence-corrected chi connectivity index (χ1v) is 5.33. The third-order valence-electron chi connectivity index (χ3n) is 1.89. The Bertz CT molecular complexity index is 413. The monoisotopic (exact) mass is 294 g/mol. The molecular weight excluding hydrogens is 285 g/mol. The van der Waals surface area contributed by atoms with E-state index in [0.29, 0.717) is 10.9 Å². The lowest BCUT2D eigenvalue weighted by atomic mass is 10.2. The summed E-state index contributed by atoms with van der Waals surface area (Å²) in [7, 11) is 0. The minimum atomic E-state index is -4.43. The van der Waals surface area contributed by atoms with E-state index >= 15 is 0 Å². The van der Waals surface area contributed by atoms with Crippen LogP contribution in [0, 0.1) is 0 Å². The molecule has 6 heteroatoms. The number of rotatable bonds is 2. The standard InChI is InChI=1S/C10H10BrF3N2/c1-2-9(15)16-8-4-3-6(11)5-7(8)10(12,13)14/h3-5H,2H2,1H3,(H2,15,16). The Kier molecular flexibility index (Phi) is 3.96. The Morgan fingerprint density at radius 2 is 2.06 bits per heavy atom. The van der Waals surface area contributed by atoms with Crippen molar-refractivity contribution in [2.75, 3.05) is 0 Å². The molecule has 0 fully saturated rings. The van der Waals surface area contributed by atoms with Gasteiger partial charge < -0.3 is 5.73 Å². The third-order valence-corrected chi connectivity index (χ3v) is 2.38. The van der Waals surface area contributed by atoms with E-state index in [4.69, 9.17) is 5.73 Å². The van der Waals surface area contributed by atoms with Gasteiger partial charge in [0.25, 0.3) is 0 Å². The van der Waals surface area contributed by atoms with Gasteiger partial charge in [0, 0.05) is 10.9 Å². The average molecular weight is 295 g/mol. The van der Waals surface area contributed by atoms with Crippen molar-refractivity contribution in [2.24, 2.45) is 10.7 Å². The Morgan fingerprint density at radius 1 is 1.44 bits per heavy atom. The molecule has 16 heavy (non-hydrogen) atoms. The minimum Gasteiger partial charge on any atom is -0.387 e. The molecule has 2 nitrogen and oxygen atoms in total. The Morgan fingerprint density at radius 3 is 2.56 bits per heavy atom. The van der Waals surface area contributed by atoms with Crippen LogP contribution in [0.25, 0.3) is 0 Å². The van der Waals surface area contributed by atoms with Crippen molar-refractivity contribution in [3.63, 3.8) is 0 Å². The number of nitrogens with two attached hydrogens (primary N) is 1. The molecule has 1 rings (SSSR count). The van der Waals surface area contributed by atoms with Crippen LogP contribution in [0.3, 0.4) is 0 Å². The molecule has 0 unspecified atom stereocenters. The molecule has 2 N–H and O–H groups in total. The quantitative estimate of drug-likeness (QED) is 0.653. The number of aliphatic imine (C=N–C) groups is 1. The van der Waals surface area contributed by atoms with E-state index in [2.05, 4.69) is 20.9 Å². The van der Waals surface area contributed by atoms with Gasteiger partial charge in [0.1, 0.15) is 0 Å². The summed E-state index contributed by atoms with van der Waals surface area (Å²) in [6.45, 7) is 1.73. The summed E-state index contributed by atoms with van der Waals surface area (Å²) in [4.78, 5) is 3.74. The highest BCUT2D eigenvalue weighted by atomic mass is 79.9. The summed E-state index contributed by atoms with van der Waals surface area (Å²) in [5.41, 5.74) is 4.48. The first-order chi connectivity index (χ1) is 7.34. The molecule has 0 aliphatic rings. The topological polar surface area (TPSA) is 38.4 Å². The van der Waals surface area contributed by atoms with Crippen molar-refractivity contribution < 1.29 is 13.2 Å². The molecule has 88 valence electrons. The van der Waals surface area contributed by atoms with Crippen molar-refractivity contribution in [1.82, 2.24) is 0 Å². The zero-order valence-electron chi connectivity index (χ0n) is 8.48. The van der Waals surface area contributed by atoms with Crippen molar-refractivity contribution in [3.8, 4) is 0 Å². The van der Waals surface area contributed by atoms with Gasteiger partial charge in [-0.3, -0.25) is 0 Å². The number of amidine groups is 1. The summed E-state index contributed by atoms with van der Waals surface area (Å²) >= 11 is 2.99. The number of hydrogen-bond acceptors (Lipinski definition) is 1. The van der Waals surface area contributed by atoms with Crippen LogP contribution in [-0.4, -0.2) is 5.84 Å². The average Bonchev–Trinajstić information content (AvgIpc) is 2.19. The first-order valence-electron chi connectivity index (χ1n) is 4.54. The number of alkyl halides is 3. The second-order valence-corrected chi connectivity index (χ2v) is 4.03. The maximum absolute atomic E-state index is 12.7. The van der Waals surface area contributed by atoms with Crippen molar-refractivity contribution in [3.05, 3.63) is 28.2 Å². The highest BCUT2D eigenvalue weighted by molar-refractivity contribution is 9.10. The number of benzene rings is 1. The molecule has 0 atom stereocenters. The number of hydrogen-bond donors (Lipinski definition) is 1. The number of nitrogens with zero attached hydrogens (tertiary/aromatic N) is 1. The largest absolute Gasteiger partial charge is 0.418 e. The van der Waals surface area contributed by atoms with Gasteiger partial charge in [-0.1, -0.05) is 22.9 Å². The van der Waals surface area contributed by atoms with E-state index in [0.717, 1.165) is 6.07 Å². The van der Waals surface area contributed by atoms with Gasteiger partial charge in [-0.15, -0.1) is 0 Å². The lowest BCUT2D eigenvalue weighted by molar-refractivity contribution is -0.137. The van der Waals surface area contributed by atoms with Crippen LogP contribution < -0.4 is 5.73 Å². The summed E-state index contributed by atoms with van der Waals surface area (Å²) in [6, 6.07) is 3.77. The summed E-state index contributed by atoms with van der Waals surface area (Å²) in [5, 5.41) is 0. The summed E-state index contributed by atoms with van der Waals surface area (Å²) in [6.07, 6.45) is -4.02. The minimum absolute atomic E-state index is 0.157. The lowest BCUT2D eigenvalue weighted by Gasteiger charge is -2.10. The zero-order chi connectivity index (χ0) is 12.3. The van der Waals surface area contributed by atoms with Gasteiger partial charge >= 0.3 is 6.18 Å². The predicted molar refractivity (Wildman–Crippen MR) is 60.7 cm³/mol. The van der Waals surface area contributed by atoms with Gasteiger partial charge in [-0.25, -0.2) is 4.99 Å². The van der Waals surface area contributed by atoms with Crippen LogP contribution in [0.5, 0.6) is 0 Å². The second-order valence-electron chi connectivity index (χ2n) is 3.12. The fourth-order valence-corrected chi connectivity index (χ4v) is 1.43. The molecule has 0 saturated carbocycles. The first kappa shape index (κ1) is 13.0. The molecule has 0 amide bonds. The SMILES string of the molecule is CCC(N)=Nc1ccc(Br)cc1C(F)(F)F. The summed E-state index contributed by atoms with van der Waals surface area (Å²) in [5.74, 6) is 0.174. The van der Waals surface area contributed by atoms with E-state index in [1.54, 1.807) is 6.92 Å². The second kappa shape index (κ2) is 4.86. The number of halogens is 4. The molecule has 0 bridgehead atoms. The molecule has 0 aromatic heterocycles. The highest BCUT2D eigenvalue weighted by Crippen LogP contribution is 2.37. The molecule has 1 aromatic rings. The Balaban J connectivity index is 3.29. The maximum Gasteiger partial charge on any atom is 0.418 e. The van der Waals surface area contributed by atoms with E-state index in [1.165, 1.54) is 12.1 Å². The van der Waals surface area contributed by atoms with Crippen molar-refractivity contribution >= 4 is 27.5 Å². The van der Waals surface area contributed by atoms with Crippen LogP contribution in [0.1, 0.15) is 18.9 Å². The van der Waals surface area contributed by atoms with Gasteiger partial charge in [-0.05, 0) is 18.2 Å². The smallest absolute Gasteiger partial charge is 0.387 e. The van der Waals surface area contributed by atoms with Crippen LogP contribution in [0.2, 0.25) is 0 Å². The van der Waals surface area contributed by atoms with Gasteiger partial charge in [0.2, 0.25) is 0 Å². The molecular formula is C10H10BrF3N2. The Hall–Kier alpha value is -1.04. The van der Waals surface area contributed by atoms with E-state index in [1.807, 2.05) is 0 Å².